The second-order valence-corrected chi connectivity index (χ2v) is 6.55. The number of aliphatic hydroxyl groups excluding tert-OH is 1. The first-order valence-electron chi connectivity index (χ1n) is 6.75. The molecule has 1 aliphatic rings. The van der Waals surface area contributed by atoms with Crippen LogP contribution in [0.4, 0.5) is 4.39 Å². The van der Waals surface area contributed by atoms with E-state index in [0.29, 0.717) is 18.3 Å². The molecular formula is C16H20BrFO. The summed E-state index contributed by atoms with van der Waals surface area (Å²) >= 11 is 3.36. The minimum atomic E-state index is -0.368. The fourth-order valence-electron chi connectivity index (χ4n) is 2.97. The maximum atomic E-state index is 13.0. The molecule has 104 valence electrons. The van der Waals surface area contributed by atoms with Crippen LogP contribution in [0, 0.1) is 17.7 Å². The first kappa shape index (κ1) is 14.7. The molecule has 1 aromatic rings. The van der Waals surface area contributed by atoms with Crippen LogP contribution in [-0.2, 0) is 6.42 Å². The van der Waals surface area contributed by atoms with Gasteiger partial charge in [-0.2, -0.15) is 0 Å². The number of aliphatic hydroxyl groups is 1. The zero-order chi connectivity index (χ0) is 14.0. The summed E-state index contributed by atoms with van der Waals surface area (Å²) in [6.07, 6.45) is 4.48. The summed E-state index contributed by atoms with van der Waals surface area (Å²) in [5.74, 6) is 0.581. The average Bonchev–Trinajstić information content (AvgIpc) is 2.31. The third-order valence-corrected chi connectivity index (χ3v) is 4.55. The Hall–Kier alpha value is -0.670. The monoisotopic (exact) mass is 326 g/mol. The van der Waals surface area contributed by atoms with Gasteiger partial charge in [0.1, 0.15) is 5.82 Å². The number of halogens is 2. The maximum Gasteiger partial charge on any atom is 0.124 e. The summed E-state index contributed by atoms with van der Waals surface area (Å²) in [6, 6.07) is 4.65. The topological polar surface area (TPSA) is 20.2 Å². The summed E-state index contributed by atoms with van der Waals surface area (Å²) in [4.78, 5) is 0. The maximum absolute atomic E-state index is 13.0. The second-order valence-electron chi connectivity index (χ2n) is 5.70. The average molecular weight is 327 g/mol. The minimum Gasteiger partial charge on any atom is -0.392 e. The lowest BCUT2D eigenvalue weighted by molar-refractivity contribution is 0.0931. The summed E-state index contributed by atoms with van der Waals surface area (Å²) < 4.78 is 13.8. The van der Waals surface area contributed by atoms with Crippen LogP contribution in [0.3, 0.4) is 0 Å². The SMILES string of the molecule is CC1=CC(C)CC(C(O)Cc2ccc(F)cc2Br)C1. The lowest BCUT2D eigenvalue weighted by Gasteiger charge is -2.29. The molecule has 0 amide bonds. The highest BCUT2D eigenvalue weighted by atomic mass is 79.9. The molecule has 0 heterocycles. The predicted molar refractivity (Wildman–Crippen MR) is 79.5 cm³/mol. The number of allylic oxidation sites excluding steroid dienone is 2. The first-order valence-corrected chi connectivity index (χ1v) is 7.54. The minimum absolute atomic E-state index is 0.254. The van der Waals surface area contributed by atoms with E-state index in [1.165, 1.54) is 17.7 Å². The van der Waals surface area contributed by atoms with Crippen molar-refractivity contribution in [3.63, 3.8) is 0 Å². The molecule has 0 saturated heterocycles. The molecule has 19 heavy (non-hydrogen) atoms. The van der Waals surface area contributed by atoms with Crippen molar-refractivity contribution < 1.29 is 9.50 Å². The zero-order valence-electron chi connectivity index (χ0n) is 11.4. The van der Waals surface area contributed by atoms with Crippen molar-refractivity contribution in [1.82, 2.24) is 0 Å². The highest BCUT2D eigenvalue weighted by Crippen LogP contribution is 2.32. The van der Waals surface area contributed by atoms with Gasteiger partial charge in [-0.15, -0.1) is 0 Å². The lowest BCUT2D eigenvalue weighted by atomic mass is 9.79. The van der Waals surface area contributed by atoms with Gasteiger partial charge in [-0.25, -0.2) is 4.39 Å². The van der Waals surface area contributed by atoms with Crippen LogP contribution < -0.4 is 0 Å². The third kappa shape index (κ3) is 3.90. The van der Waals surface area contributed by atoms with Crippen molar-refractivity contribution in [3.05, 3.63) is 45.7 Å². The third-order valence-electron chi connectivity index (χ3n) is 3.82. The van der Waals surface area contributed by atoms with Crippen LogP contribution in [0.1, 0.15) is 32.3 Å². The largest absolute Gasteiger partial charge is 0.392 e. The molecule has 1 aromatic carbocycles. The fourth-order valence-corrected chi connectivity index (χ4v) is 3.48. The van der Waals surface area contributed by atoms with Crippen LogP contribution in [0.2, 0.25) is 0 Å². The molecule has 0 saturated carbocycles. The highest BCUT2D eigenvalue weighted by molar-refractivity contribution is 9.10. The van der Waals surface area contributed by atoms with Crippen LogP contribution >= 0.6 is 15.9 Å². The van der Waals surface area contributed by atoms with Gasteiger partial charge in [-0.3, -0.25) is 0 Å². The summed E-state index contributed by atoms with van der Waals surface area (Å²) in [5, 5.41) is 10.4. The van der Waals surface area contributed by atoms with E-state index in [-0.39, 0.29) is 11.9 Å². The normalized spacial score (nSPS) is 25.0. The van der Waals surface area contributed by atoms with Gasteiger partial charge in [-0.05, 0) is 55.7 Å². The number of benzene rings is 1. The molecule has 0 radical (unpaired) electrons. The Kier molecular flexibility index (Phi) is 4.80. The van der Waals surface area contributed by atoms with Crippen molar-refractivity contribution >= 4 is 15.9 Å². The number of hydrogen-bond donors (Lipinski definition) is 1. The smallest absolute Gasteiger partial charge is 0.124 e. The van der Waals surface area contributed by atoms with Gasteiger partial charge in [0.15, 0.2) is 0 Å². The van der Waals surface area contributed by atoms with E-state index in [1.807, 2.05) is 0 Å². The molecule has 3 heteroatoms. The van der Waals surface area contributed by atoms with Crippen molar-refractivity contribution in [3.8, 4) is 0 Å². The second kappa shape index (κ2) is 6.19. The van der Waals surface area contributed by atoms with Crippen molar-refractivity contribution in [2.24, 2.45) is 11.8 Å². The molecule has 1 nitrogen and oxygen atoms in total. The number of hydrogen-bond acceptors (Lipinski definition) is 1. The molecule has 0 aromatic heterocycles. The Morgan fingerprint density at radius 3 is 2.84 bits per heavy atom. The fraction of sp³-hybridized carbons (Fsp3) is 0.500. The molecule has 0 spiro atoms. The molecule has 0 bridgehead atoms. The summed E-state index contributed by atoms with van der Waals surface area (Å²) in [7, 11) is 0. The zero-order valence-corrected chi connectivity index (χ0v) is 13.0. The van der Waals surface area contributed by atoms with E-state index in [9.17, 15) is 9.50 Å². The van der Waals surface area contributed by atoms with Gasteiger partial charge in [0, 0.05) is 4.47 Å². The Balaban J connectivity index is 2.05. The molecular weight excluding hydrogens is 307 g/mol. The van der Waals surface area contributed by atoms with Gasteiger partial charge in [-0.1, -0.05) is 40.6 Å². The summed E-state index contributed by atoms with van der Waals surface area (Å²) in [5.41, 5.74) is 2.33. The van der Waals surface area contributed by atoms with Gasteiger partial charge in [0.05, 0.1) is 6.10 Å². The van der Waals surface area contributed by atoms with E-state index in [1.54, 1.807) is 6.07 Å². The summed E-state index contributed by atoms with van der Waals surface area (Å²) in [6.45, 7) is 4.32. The molecule has 0 fully saturated rings. The standard InChI is InChI=1S/C16H20BrFO/c1-10-5-11(2)7-13(6-10)16(19)8-12-3-4-14(18)9-15(12)17/h3-5,9-10,13,16,19H,6-8H2,1-2H3. The van der Waals surface area contributed by atoms with E-state index in [0.717, 1.165) is 22.9 Å². The van der Waals surface area contributed by atoms with Crippen molar-refractivity contribution in [2.75, 3.05) is 0 Å². The predicted octanol–water partition coefficient (Wildman–Crippen LogP) is 4.48. The lowest BCUT2D eigenvalue weighted by Crippen LogP contribution is -2.27. The van der Waals surface area contributed by atoms with E-state index < -0.39 is 0 Å². The van der Waals surface area contributed by atoms with E-state index >= 15 is 0 Å². The Morgan fingerprint density at radius 2 is 2.21 bits per heavy atom. The van der Waals surface area contributed by atoms with E-state index in [2.05, 4.69) is 35.9 Å². The molecule has 0 aliphatic heterocycles. The first-order chi connectivity index (χ1) is 8.95. The molecule has 2 rings (SSSR count). The van der Waals surface area contributed by atoms with E-state index in [4.69, 9.17) is 0 Å². The van der Waals surface area contributed by atoms with Gasteiger partial charge in [0.2, 0.25) is 0 Å². The molecule has 1 N–H and O–H groups in total. The highest BCUT2D eigenvalue weighted by Gasteiger charge is 2.25. The van der Waals surface area contributed by atoms with Gasteiger partial charge in [0.25, 0.3) is 0 Å². The van der Waals surface area contributed by atoms with Crippen molar-refractivity contribution in [2.45, 2.75) is 39.2 Å². The van der Waals surface area contributed by atoms with Crippen LogP contribution in [0.25, 0.3) is 0 Å². The Morgan fingerprint density at radius 1 is 1.47 bits per heavy atom. The number of rotatable bonds is 3. The van der Waals surface area contributed by atoms with Crippen LogP contribution in [-0.4, -0.2) is 11.2 Å². The van der Waals surface area contributed by atoms with Crippen molar-refractivity contribution in [1.29, 1.82) is 0 Å². The molecule has 1 aliphatic carbocycles. The quantitative estimate of drug-likeness (QED) is 0.812. The Labute approximate surface area is 122 Å². The van der Waals surface area contributed by atoms with Gasteiger partial charge >= 0.3 is 0 Å². The molecule has 3 atom stereocenters. The van der Waals surface area contributed by atoms with Crippen LogP contribution in [0.15, 0.2) is 34.3 Å². The Bertz CT molecular complexity index is 484. The van der Waals surface area contributed by atoms with Gasteiger partial charge < -0.3 is 5.11 Å². The van der Waals surface area contributed by atoms with Crippen LogP contribution in [0.5, 0.6) is 0 Å². The molecule has 3 unspecified atom stereocenters.